The van der Waals surface area contributed by atoms with E-state index in [-0.39, 0.29) is 0 Å². The summed E-state index contributed by atoms with van der Waals surface area (Å²) in [7, 11) is 1.68. The van der Waals surface area contributed by atoms with Gasteiger partial charge in [0.1, 0.15) is 0 Å². The van der Waals surface area contributed by atoms with Gasteiger partial charge in [0, 0.05) is 19.6 Å². The van der Waals surface area contributed by atoms with E-state index in [0.717, 1.165) is 44.0 Å². The smallest absolute Gasteiger partial charge is 0.161 e. The van der Waals surface area contributed by atoms with Gasteiger partial charge in [-0.05, 0) is 37.1 Å². The van der Waals surface area contributed by atoms with E-state index in [2.05, 4.69) is 30.9 Å². The van der Waals surface area contributed by atoms with Crippen LogP contribution in [0.4, 0.5) is 0 Å². The Morgan fingerprint density at radius 1 is 1.10 bits per heavy atom. The van der Waals surface area contributed by atoms with E-state index >= 15 is 0 Å². The lowest BCUT2D eigenvalue weighted by atomic mass is 10.2. The molecule has 0 heterocycles. The van der Waals surface area contributed by atoms with Crippen LogP contribution in [-0.4, -0.2) is 38.3 Å². The zero-order valence-corrected chi connectivity index (χ0v) is 13.0. The minimum Gasteiger partial charge on any atom is -0.493 e. The summed E-state index contributed by atoms with van der Waals surface area (Å²) in [6.45, 7) is 8.56. The van der Waals surface area contributed by atoms with Gasteiger partial charge in [-0.25, -0.2) is 0 Å². The van der Waals surface area contributed by atoms with Crippen molar-refractivity contribution in [1.29, 1.82) is 0 Å². The van der Waals surface area contributed by atoms with Crippen LogP contribution in [0.15, 0.2) is 18.2 Å². The molecular formula is C16H28N2O2. The number of nitrogens with zero attached hydrogens (tertiary/aromatic N) is 1. The monoisotopic (exact) mass is 280 g/mol. The highest BCUT2D eigenvalue weighted by Crippen LogP contribution is 2.28. The third-order valence-corrected chi connectivity index (χ3v) is 3.08. The topological polar surface area (TPSA) is 47.7 Å². The van der Waals surface area contributed by atoms with Crippen LogP contribution in [-0.2, 0) is 6.54 Å². The second-order valence-electron chi connectivity index (χ2n) is 4.90. The summed E-state index contributed by atoms with van der Waals surface area (Å²) in [5.41, 5.74) is 6.89. The molecule has 4 heteroatoms. The van der Waals surface area contributed by atoms with Gasteiger partial charge in [0.15, 0.2) is 11.5 Å². The zero-order chi connectivity index (χ0) is 14.8. The molecule has 0 saturated heterocycles. The van der Waals surface area contributed by atoms with Crippen molar-refractivity contribution in [1.82, 2.24) is 4.90 Å². The van der Waals surface area contributed by atoms with Crippen molar-refractivity contribution in [2.24, 2.45) is 5.73 Å². The fourth-order valence-corrected chi connectivity index (χ4v) is 2.17. The van der Waals surface area contributed by atoms with E-state index in [0.29, 0.717) is 13.2 Å². The molecule has 0 unspecified atom stereocenters. The highest BCUT2D eigenvalue weighted by atomic mass is 16.5. The Labute approximate surface area is 122 Å². The molecule has 0 spiro atoms. The van der Waals surface area contributed by atoms with Crippen molar-refractivity contribution in [3.8, 4) is 11.5 Å². The Kier molecular flexibility index (Phi) is 8.07. The van der Waals surface area contributed by atoms with Crippen LogP contribution in [0, 0.1) is 0 Å². The lowest BCUT2D eigenvalue weighted by Gasteiger charge is -2.21. The normalized spacial score (nSPS) is 10.8. The summed E-state index contributed by atoms with van der Waals surface area (Å²) in [5, 5.41) is 0. The maximum absolute atomic E-state index is 5.67. The number of benzene rings is 1. The molecule has 1 aromatic rings. The van der Waals surface area contributed by atoms with E-state index < -0.39 is 0 Å². The maximum Gasteiger partial charge on any atom is 0.161 e. The number of rotatable bonds is 10. The standard InChI is InChI=1S/C16H28N2O2/c1-4-9-18(10-8-17)13-14-6-7-15(20-11-5-2)16(12-14)19-3/h6-7,12H,4-5,8-11,13,17H2,1-3H3. The molecular weight excluding hydrogens is 252 g/mol. The van der Waals surface area contributed by atoms with Crippen molar-refractivity contribution in [2.45, 2.75) is 33.2 Å². The number of nitrogens with two attached hydrogens (primary N) is 1. The highest BCUT2D eigenvalue weighted by Gasteiger charge is 2.09. The van der Waals surface area contributed by atoms with Crippen molar-refractivity contribution >= 4 is 0 Å². The van der Waals surface area contributed by atoms with Gasteiger partial charge in [-0.2, -0.15) is 0 Å². The molecule has 4 nitrogen and oxygen atoms in total. The van der Waals surface area contributed by atoms with E-state index in [9.17, 15) is 0 Å². The Hall–Kier alpha value is -1.26. The van der Waals surface area contributed by atoms with Gasteiger partial charge in [0.05, 0.1) is 13.7 Å². The molecule has 0 atom stereocenters. The summed E-state index contributed by atoms with van der Waals surface area (Å²) in [6, 6.07) is 6.16. The SMILES string of the molecule is CCCOc1ccc(CN(CCC)CCN)cc1OC. The van der Waals surface area contributed by atoms with E-state index in [1.54, 1.807) is 7.11 Å². The third-order valence-electron chi connectivity index (χ3n) is 3.08. The van der Waals surface area contributed by atoms with Crippen LogP contribution < -0.4 is 15.2 Å². The molecule has 0 aliphatic heterocycles. The van der Waals surface area contributed by atoms with Crippen LogP contribution in [0.2, 0.25) is 0 Å². The van der Waals surface area contributed by atoms with Crippen LogP contribution in [0.5, 0.6) is 11.5 Å². The largest absolute Gasteiger partial charge is 0.493 e. The fraction of sp³-hybridized carbons (Fsp3) is 0.625. The zero-order valence-electron chi connectivity index (χ0n) is 13.0. The maximum atomic E-state index is 5.67. The van der Waals surface area contributed by atoms with Gasteiger partial charge in [0.2, 0.25) is 0 Å². The predicted molar refractivity (Wildman–Crippen MR) is 83.4 cm³/mol. The average Bonchev–Trinajstić information content (AvgIpc) is 2.46. The van der Waals surface area contributed by atoms with Crippen LogP contribution in [0.1, 0.15) is 32.3 Å². The molecule has 0 saturated carbocycles. The van der Waals surface area contributed by atoms with Gasteiger partial charge in [0.25, 0.3) is 0 Å². The number of hydrogen-bond donors (Lipinski definition) is 1. The lowest BCUT2D eigenvalue weighted by molar-refractivity contribution is 0.271. The Bertz CT molecular complexity index is 377. The van der Waals surface area contributed by atoms with Crippen molar-refractivity contribution in [3.63, 3.8) is 0 Å². The molecule has 114 valence electrons. The molecule has 0 aromatic heterocycles. The summed E-state index contributed by atoms with van der Waals surface area (Å²) in [4.78, 5) is 2.36. The molecule has 0 amide bonds. The first-order valence-corrected chi connectivity index (χ1v) is 7.47. The average molecular weight is 280 g/mol. The number of hydrogen-bond acceptors (Lipinski definition) is 4. The Balaban J connectivity index is 2.74. The molecule has 0 radical (unpaired) electrons. The van der Waals surface area contributed by atoms with Crippen LogP contribution in [0.3, 0.4) is 0 Å². The van der Waals surface area contributed by atoms with E-state index in [4.69, 9.17) is 15.2 Å². The van der Waals surface area contributed by atoms with Crippen molar-refractivity contribution in [3.05, 3.63) is 23.8 Å². The first-order valence-electron chi connectivity index (χ1n) is 7.47. The summed E-state index contributed by atoms with van der Waals surface area (Å²) >= 11 is 0. The first-order chi connectivity index (χ1) is 9.74. The predicted octanol–water partition coefficient (Wildman–Crippen LogP) is 2.65. The molecule has 1 rings (SSSR count). The molecule has 0 aliphatic carbocycles. The summed E-state index contributed by atoms with van der Waals surface area (Å²) < 4.78 is 11.1. The van der Waals surface area contributed by atoms with Gasteiger partial charge in [-0.15, -0.1) is 0 Å². The summed E-state index contributed by atoms with van der Waals surface area (Å²) in [6.07, 6.45) is 2.13. The van der Waals surface area contributed by atoms with Crippen molar-refractivity contribution < 1.29 is 9.47 Å². The Morgan fingerprint density at radius 2 is 1.90 bits per heavy atom. The summed E-state index contributed by atoms with van der Waals surface area (Å²) in [5.74, 6) is 1.62. The second kappa shape index (κ2) is 9.61. The Morgan fingerprint density at radius 3 is 2.50 bits per heavy atom. The van der Waals surface area contributed by atoms with Crippen LogP contribution in [0.25, 0.3) is 0 Å². The second-order valence-corrected chi connectivity index (χ2v) is 4.90. The lowest BCUT2D eigenvalue weighted by Crippen LogP contribution is -2.29. The molecule has 0 bridgehead atoms. The highest BCUT2D eigenvalue weighted by molar-refractivity contribution is 5.42. The first kappa shape index (κ1) is 16.8. The molecule has 2 N–H and O–H groups in total. The van der Waals surface area contributed by atoms with Gasteiger partial charge in [-0.1, -0.05) is 19.9 Å². The van der Waals surface area contributed by atoms with Crippen molar-refractivity contribution in [2.75, 3.05) is 33.4 Å². The van der Waals surface area contributed by atoms with E-state index in [1.165, 1.54) is 5.56 Å². The number of methoxy groups -OCH3 is 1. The molecule has 0 fully saturated rings. The quantitative estimate of drug-likeness (QED) is 0.716. The van der Waals surface area contributed by atoms with Crippen LogP contribution >= 0.6 is 0 Å². The van der Waals surface area contributed by atoms with Gasteiger partial charge in [-0.3, -0.25) is 4.90 Å². The number of ether oxygens (including phenoxy) is 2. The minimum absolute atomic E-state index is 0.689. The van der Waals surface area contributed by atoms with Gasteiger partial charge >= 0.3 is 0 Å². The third kappa shape index (κ3) is 5.39. The van der Waals surface area contributed by atoms with Gasteiger partial charge < -0.3 is 15.2 Å². The van der Waals surface area contributed by atoms with E-state index in [1.807, 2.05) is 6.07 Å². The fourth-order valence-electron chi connectivity index (χ4n) is 2.17. The molecule has 0 aliphatic rings. The molecule has 20 heavy (non-hydrogen) atoms. The minimum atomic E-state index is 0.689. The molecule has 1 aromatic carbocycles.